The van der Waals surface area contributed by atoms with Gasteiger partial charge in [0.15, 0.2) is 0 Å². The average Bonchev–Trinajstić information content (AvgIpc) is 4.08. The number of nitrogens with one attached hydrogen (secondary N) is 3. The van der Waals surface area contributed by atoms with Crippen molar-refractivity contribution >= 4 is 61.9 Å². The van der Waals surface area contributed by atoms with Crippen LogP contribution in [0.2, 0.25) is 0 Å². The van der Waals surface area contributed by atoms with Gasteiger partial charge in [0.1, 0.15) is 35.2 Å². The second kappa shape index (κ2) is 18.2. The van der Waals surface area contributed by atoms with Gasteiger partial charge in [0.2, 0.25) is 17.7 Å². The smallest absolute Gasteiger partial charge is 0.262 e. The minimum atomic E-state index is -1.12. The fourth-order valence-electron chi connectivity index (χ4n) is 8.05. The molecule has 3 aromatic rings. The lowest BCUT2D eigenvalue weighted by atomic mass is 10.0. The summed E-state index contributed by atoms with van der Waals surface area (Å²) in [6, 6.07) is 7.21. The van der Waals surface area contributed by atoms with E-state index in [9.17, 15) is 19.2 Å². The van der Waals surface area contributed by atoms with Crippen molar-refractivity contribution in [1.29, 1.82) is 0 Å². The van der Waals surface area contributed by atoms with E-state index in [1.54, 1.807) is 31.3 Å². The summed E-state index contributed by atoms with van der Waals surface area (Å²) in [5, 5.41) is 9.41. The number of benzene rings is 1. The van der Waals surface area contributed by atoms with Crippen LogP contribution < -0.4 is 29.6 Å². The maximum absolute atomic E-state index is 14.8. The molecule has 4 aliphatic rings. The predicted octanol–water partition coefficient (Wildman–Crippen LogP) is 5.99. The molecule has 1 unspecified atom stereocenters. The fraction of sp³-hybridized carbons (Fsp3) is 0.535. The minimum Gasteiger partial charge on any atom is -0.496 e. The average molecular weight is 834 g/mol. The molecule has 2 aromatic heterocycles. The summed E-state index contributed by atoms with van der Waals surface area (Å²) < 4.78 is 26.7. The lowest BCUT2D eigenvalue weighted by Gasteiger charge is -2.30. The van der Waals surface area contributed by atoms with E-state index in [2.05, 4.69) is 27.5 Å². The second-order valence-corrected chi connectivity index (χ2v) is 18.7. The molecular formula is C43H55N5O8S2. The number of methoxy groups -OCH3 is 2. The van der Waals surface area contributed by atoms with Crippen LogP contribution >= 0.6 is 22.0 Å². The van der Waals surface area contributed by atoms with E-state index < -0.39 is 29.6 Å². The van der Waals surface area contributed by atoms with Crippen molar-refractivity contribution < 1.29 is 38.1 Å². The Morgan fingerprint density at radius 2 is 1.93 bits per heavy atom. The van der Waals surface area contributed by atoms with Gasteiger partial charge in [-0.05, 0) is 88.9 Å². The summed E-state index contributed by atoms with van der Waals surface area (Å²) in [7, 11) is 2.82. The van der Waals surface area contributed by atoms with Crippen molar-refractivity contribution in [1.82, 2.24) is 25.2 Å². The van der Waals surface area contributed by atoms with Crippen LogP contribution in [0.25, 0.3) is 10.9 Å². The van der Waals surface area contributed by atoms with E-state index in [1.165, 1.54) is 11.3 Å². The highest BCUT2D eigenvalue weighted by atomic mass is 32.2. The van der Waals surface area contributed by atoms with Crippen LogP contribution in [0.4, 0.5) is 0 Å². The second-order valence-electron chi connectivity index (χ2n) is 15.5. The number of thiophene rings is 1. The molecule has 15 heteroatoms. The van der Waals surface area contributed by atoms with E-state index in [4.69, 9.17) is 23.9 Å². The predicted molar refractivity (Wildman–Crippen MR) is 227 cm³/mol. The van der Waals surface area contributed by atoms with Crippen LogP contribution in [0.15, 0.2) is 42.5 Å². The normalized spacial score (nSPS) is 26.1. The maximum atomic E-state index is 14.8. The fourth-order valence-corrected chi connectivity index (χ4v) is 10.6. The molecule has 0 bridgehead atoms. The molecular weight excluding hydrogens is 779 g/mol. The Bertz CT molecular complexity index is 2100. The summed E-state index contributed by atoms with van der Waals surface area (Å²) in [5.41, 5.74) is 0.351. The molecule has 1 aromatic carbocycles. The molecule has 0 radical (unpaired) electrons. The molecule has 7 rings (SSSR count). The number of pyridine rings is 1. The maximum Gasteiger partial charge on any atom is 0.262 e. The van der Waals surface area contributed by atoms with Crippen molar-refractivity contribution in [2.75, 3.05) is 27.4 Å². The number of amides is 4. The first-order valence-corrected chi connectivity index (χ1v) is 22.5. The van der Waals surface area contributed by atoms with Gasteiger partial charge in [-0.15, -0.1) is 11.3 Å². The van der Waals surface area contributed by atoms with Crippen LogP contribution in [0, 0.1) is 12.8 Å². The third-order valence-corrected chi connectivity index (χ3v) is 14.6. The van der Waals surface area contributed by atoms with Gasteiger partial charge in [-0.1, -0.05) is 35.7 Å². The van der Waals surface area contributed by atoms with E-state index in [-0.39, 0.29) is 47.3 Å². The number of aryl methyl sites for hydroxylation is 1. The summed E-state index contributed by atoms with van der Waals surface area (Å²) in [6.45, 7) is 6.63. The molecule has 2 saturated carbocycles. The highest BCUT2D eigenvalue weighted by Crippen LogP contribution is 2.47. The van der Waals surface area contributed by atoms with E-state index >= 15 is 0 Å². The van der Waals surface area contributed by atoms with E-state index in [1.807, 2.05) is 44.3 Å². The zero-order valence-electron chi connectivity index (χ0n) is 34.0. The minimum absolute atomic E-state index is 0.0850. The van der Waals surface area contributed by atoms with Crippen LogP contribution in [0.3, 0.4) is 0 Å². The summed E-state index contributed by atoms with van der Waals surface area (Å²) in [5.74, 6) is 0.0559. The molecule has 13 nitrogen and oxygen atoms in total. The van der Waals surface area contributed by atoms with Crippen LogP contribution in [0.5, 0.6) is 17.4 Å². The number of carbonyl (C=O) groups excluding carboxylic acids is 4. The van der Waals surface area contributed by atoms with Gasteiger partial charge in [0.05, 0.1) is 37.3 Å². The quantitative estimate of drug-likeness (QED) is 0.148. The van der Waals surface area contributed by atoms with Gasteiger partial charge < -0.3 is 39.2 Å². The highest BCUT2D eigenvalue weighted by molar-refractivity contribution is 8.14. The Hall–Kier alpha value is -4.47. The van der Waals surface area contributed by atoms with Crippen molar-refractivity contribution in [3.05, 3.63) is 57.8 Å². The molecule has 312 valence electrons. The zero-order chi connectivity index (χ0) is 41.0. The number of nitrogens with zero attached hydrogens (tertiary/aromatic N) is 2. The molecule has 3 N–H and O–H groups in total. The number of allylic oxidation sites excluding steroid dienone is 1. The number of carbonyl (C=O) groups is 4. The number of rotatable bonds is 12. The lowest BCUT2D eigenvalue weighted by Crippen LogP contribution is -2.57. The standard InChI is InChI=1S/C43H55N5O8S2/c1-6-55-37-22-35(31-18-19-34(54-5)26(3)38(31)45-37)56-28-21-33-39(49)46-43(42(52)47-58(7-2)30-16-17-30)23-27(43)13-11-9-8-10-12-14-32(41(51)48(33)24-28)44-40(50)36-20-15-29(57-36)25-53-4/h7,11,13,15,18-20,22,27-28,30,32-33H,6,8-10,12,14,16-17,21,23-25H2,1-5H3,(H,44,50)(H,46,49)(H,47,52)/b13-11-/t27-,28-,32+,33+,43-,58?/m1/s1. The third-order valence-electron chi connectivity index (χ3n) is 11.4. The number of ether oxygens (including phenoxy) is 4. The van der Waals surface area contributed by atoms with Crippen molar-refractivity contribution in [3.63, 3.8) is 0 Å². The molecule has 1 saturated heterocycles. The lowest BCUT2D eigenvalue weighted by molar-refractivity contribution is -0.141. The highest BCUT2D eigenvalue weighted by Gasteiger charge is 2.61. The first kappa shape index (κ1) is 41.7. The Balaban J connectivity index is 1.21. The van der Waals surface area contributed by atoms with Gasteiger partial charge in [-0.25, -0.2) is 4.98 Å². The van der Waals surface area contributed by atoms with Crippen LogP contribution in [-0.4, -0.2) is 95.2 Å². The number of hydrogen-bond donors (Lipinski definition) is 3. The summed E-state index contributed by atoms with van der Waals surface area (Å²) in [4.78, 5) is 65.0. The van der Waals surface area contributed by atoms with Crippen molar-refractivity contribution in [3.8, 4) is 17.4 Å². The Morgan fingerprint density at radius 3 is 2.67 bits per heavy atom. The van der Waals surface area contributed by atoms with Crippen LogP contribution in [-0.2, 0) is 25.7 Å². The number of aromatic nitrogens is 1. The van der Waals surface area contributed by atoms with Gasteiger partial charge in [-0.3, -0.25) is 19.2 Å². The molecule has 4 heterocycles. The Kier molecular flexibility index (Phi) is 13.1. The third kappa shape index (κ3) is 9.06. The molecule has 0 spiro atoms. The SMILES string of the molecule is C/C=S(/NC(=O)[C@@]12C[C@H]1/C=C\CCCCC[C@H](NC(=O)c1ccc(COC)s1)C(=O)N1C[C@H](Oc3cc(OCC)nc4c(C)c(OC)ccc34)C[C@H]1C(=O)N2)C1CC1. The van der Waals surface area contributed by atoms with Gasteiger partial charge >= 0.3 is 0 Å². The molecule has 58 heavy (non-hydrogen) atoms. The topological polar surface area (TPSA) is 157 Å². The Morgan fingerprint density at radius 1 is 1.10 bits per heavy atom. The monoisotopic (exact) mass is 833 g/mol. The van der Waals surface area contributed by atoms with Gasteiger partial charge in [0, 0.05) is 46.6 Å². The van der Waals surface area contributed by atoms with Crippen LogP contribution in [0.1, 0.15) is 91.7 Å². The molecule has 4 amide bonds. The van der Waals surface area contributed by atoms with Gasteiger partial charge in [-0.2, -0.15) is 0 Å². The molecule has 2 aliphatic heterocycles. The van der Waals surface area contributed by atoms with E-state index in [0.717, 1.165) is 47.9 Å². The molecule has 2 aliphatic carbocycles. The first-order valence-electron chi connectivity index (χ1n) is 20.4. The Labute approximate surface area is 346 Å². The number of hydrogen-bond acceptors (Lipinski definition) is 10. The molecule has 6 atom stereocenters. The summed E-state index contributed by atoms with van der Waals surface area (Å²) in [6.07, 6.45) is 10.0. The zero-order valence-corrected chi connectivity index (χ0v) is 35.6. The van der Waals surface area contributed by atoms with Crippen molar-refractivity contribution in [2.24, 2.45) is 5.92 Å². The summed E-state index contributed by atoms with van der Waals surface area (Å²) >= 11 is 1.32. The number of fused-ring (bicyclic) bond motifs is 3. The first-order chi connectivity index (χ1) is 28.1. The largest absolute Gasteiger partial charge is 0.496 e. The van der Waals surface area contributed by atoms with E-state index in [0.29, 0.717) is 65.5 Å². The molecule has 3 fully saturated rings. The van der Waals surface area contributed by atoms with Crippen molar-refractivity contribution in [2.45, 2.75) is 114 Å². The van der Waals surface area contributed by atoms with Gasteiger partial charge in [0.25, 0.3) is 11.8 Å².